The molecule has 0 aromatic heterocycles. The molecule has 1 aliphatic rings. The minimum atomic E-state index is -1.18. The molecule has 0 spiro atoms. The molecule has 8 nitrogen and oxygen atoms in total. The van der Waals surface area contributed by atoms with Crippen molar-refractivity contribution in [2.75, 3.05) is 20.1 Å². The molecule has 1 amide bonds. The summed E-state index contributed by atoms with van der Waals surface area (Å²) in [6.07, 6.45) is 0.0169. The molecule has 0 saturated carbocycles. The number of aliphatic hydroxyl groups excluding tert-OH is 1. The van der Waals surface area contributed by atoms with Crippen LogP contribution in [0.5, 0.6) is 0 Å². The molecule has 2 N–H and O–H groups in total. The highest BCUT2D eigenvalue weighted by molar-refractivity contribution is 5.78. The summed E-state index contributed by atoms with van der Waals surface area (Å²) < 4.78 is 5.36. The lowest BCUT2D eigenvalue weighted by atomic mass is 9.96. The maximum Gasteiger partial charge on any atom is 0.411 e. The van der Waals surface area contributed by atoms with Crippen LogP contribution < -0.4 is 0 Å². The molecule has 1 aliphatic heterocycles. The van der Waals surface area contributed by atoms with Gasteiger partial charge in [0.2, 0.25) is 0 Å². The van der Waals surface area contributed by atoms with Gasteiger partial charge in [-0.15, -0.1) is 0 Å². The third kappa shape index (κ3) is 4.67. The number of carbonyl (C=O) groups is 3. The first-order valence-corrected chi connectivity index (χ1v) is 8.01. The van der Waals surface area contributed by atoms with Gasteiger partial charge < -0.3 is 19.7 Å². The maximum absolute atomic E-state index is 12.4. The van der Waals surface area contributed by atoms with Crippen molar-refractivity contribution >= 4 is 18.3 Å². The first-order valence-electron chi connectivity index (χ1n) is 8.01. The minimum Gasteiger partial charge on any atom is -0.480 e. The largest absolute Gasteiger partial charge is 0.480 e. The number of amides is 1. The molecule has 0 aromatic carbocycles. The summed E-state index contributed by atoms with van der Waals surface area (Å²) in [4.78, 5) is 38.3. The highest BCUT2D eigenvalue weighted by Crippen LogP contribution is 2.31. The van der Waals surface area contributed by atoms with Crippen molar-refractivity contribution in [1.29, 1.82) is 0 Å². The lowest BCUT2D eigenvalue weighted by Crippen LogP contribution is -2.59. The van der Waals surface area contributed by atoms with Crippen LogP contribution in [0, 0.1) is 0 Å². The summed E-state index contributed by atoms with van der Waals surface area (Å²) in [5, 5.41) is 19.0. The van der Waals surface area contributed by atoms with Gasteiger partial charge in [0, 0.05) is 13.1 Å². The molecule has 1 heterocycles. The number of likely N-dealkylation sites (N-methyl/N-ethyl adjacent to an activating group) is 1. The third-order valence-corrected chi connectivity index (χ3v) is 4.07. The van der Waals surface area contributed by atoms with Gasteiger partial charge >= 0.3 is 12.1 Å². The number of hydrogen-bond acceptors (Lipinski definition) is 6. The molecule has 0 radical (unpaired) electrons. The Kier molecular flexibility index (Phi) is 6.35. The molecule has 1 fully saturated rings. The number of carboxylic acid groups (broad SMARTS) is 1. The van der Waals surface area contributed by atoms with Gasteiger partial charge in [-0.2, -0.15) is 0 Å². The number of likely N-dealkylation sites (tertiary alicyclic amines) is 1. The van der Waals surface area contributed by atoms with Crippen LogP contribution in [0.2, 0.25) is 0 Å². The lowest BCUT2D eigenvalue weighted by molar-refractivity contribution is -0.148. The van der Waals surface area contributed by atoms with Crippen molar-refractivity contribution in [2.45, 2.75) is 63.8 Å². The zero-order valence-electron chi connectivity index (χ0n) is 15.0. The van der Waals surface area contributed by atoms with Crippen molar-refractivity contribution in [3.63, 3.8) is 0 Å². The van der Waals surface area contributed by atoms with E-state index in [1.54, 1.807) is 20.8 Å². The topological polar surface area (TPSA) is 107 Å². The van der Waals surface area contributed by atoms with Gasteiger partial charge in [-0.25, -0.2) is 4.79 Å². The molecule has 1 saturated heterocycles. The van der Waals surface area contributed by atoms with E-state index < -0.39 is 35.3 Å². The van der Waals surface area contributed by atoms with Gasteiger partial charge in [0.15, 0.2) is 0 Å². The molecule has 1 rings (SSSR count). The van der Waals surface area contributed by atoms with E-state index in [-0.39, 0.29) is 6.54 Å². The number of rotatable bonds is 6. The van der Waals surface area contributed by atoms with Gasteiger partial charge in [0.1, 0.15) is 23.5 Å². The van der Waals surface area contributed by atoms with Crippen LogP contribution in [-0.2, 0) is 14.3 Å². The molecule has 3 atom stereocenters. The van der Waals surface area contributed by atoms with Crippen LogP contribution in [0.15, 0.2) is 0 Å². The van der Waals surface area contributed by atoms with E-state index in [1.165, 1.54) is 23.8 Å². The fraction of sp³-hybridized carbons (Fsp3) is 0.812. The Balaban J connectivity index is 3.00. The van der Waals surface area contributed by atoms with E-state index >= 15 is 0 Å². The SMILES string of the molecule is C[C@@H](O)[C@@H](C(=O)O)N(C)CC1(C=O)CCCN1C(=O)OC(C)(C)C. The molecule has 138 valence electrons. The van der Waals surface area contributed by atoms with Gasteiger partial charge in [-0.1, -0.05) is 0 Å². The summed E-state index contributed by atoms with van der Waals surface area (Å²) in [5.74, 6) is -1.18. The fourth-order valence-corrected chi connectivity index (χ4v) is 3.11. The second-order valence-corrected chi connectivity index (χ2v) is 7.40. The van der Waals surface area contributed by atoms with Crippen molar-refractivity contribution in [3.8, 4) is 0 Å². The Morgan fingerprint density at radius 2 is 2.00 bits per heavy atom. The number of ether oxygens (including phenoxy) is 1. The lowest BCUT2D eigenvalue weighted by Gasteiger charge is -2.39. The second kappa shape index (κ2) is 7.48. The summed E-state index contributed by atoms with van der Waals surface area (Å²) in [6.45, 7) is 6.98. The van der Waals surface area contributed by atoms with E-state index in [1.807, 2.05) is 0 Å². The molecule has 8 heteroatoms. The highest BCUT2D eigenvalue weighted by atomic mass is 16.6. The Labute approximate surface area is 142 Å². The van der Waals surface area contributed by atoms with Gasteiger partial charge in [0.05, 0.1) is 6.10 Å². The van der Waals surface area contributed by atoms with Gasteiger partial charge in [-0.3, -0.25) is 14.6 Å². The zero-order chi connectivity index (χ0) is 18.7. The zero-order valence-corrected chi connectivity index (χ0v) is 15.0. The van der Waals surface area contributed by atoms with Crippen LogP contribution in [0.1, 0.15) is 40.5 Å². The van der Waals surface area contributed by atoms with Crippen molar-refractivity contribution in [2.24, 2.45) is 0 Å². The smallest absolute Gasteiger partial charge is 0.411 e. The first kappa shape index (κ1) is 20.4. The Hall–Kier alpha value is -1.67. The number of aldehydes is 1. The van der Waals surface area contributed by atoms with Crippen LogP contribution in [-0.4, -0.2) is 81.8 Å². The maximum atomic E-state index is 12.4. The summed E-state index contributed by atoms with van der Waals surface area (Å²) in [5.41, 5.74) is -1.84. The number of carbonyl (C=O) groups excluding carboxylic acids is 2. The highest BCUT2D eigenvalue weighted by Gasteiger charge is 2.47. The monoisotopic (exact) mass is 344 g/mol. The van der Waals surface area contributed by atoms with Crippen LogP contribution in [0.4, 0.5) is 4.79 Å². The van der Waals surface area contributed by atoms with E-state index in [2.05, 4.69) is 0 Å². The van der Waals surface area contributed by atoms with Gasteiger partial charge in [0.25, 0.3) is 0 Å². The summed E-state index contributed by atoms with van der Waals surface area (Å²) >= 11 is 0. The van der Waals surface area contributed by atoms with Gasteiger partial charge in [-0.05, 0) is 47.6 Å². The molecule has 0 aliphatic carbocycles. The molecule has 1 unspecified atom stereocenters. The predicted molar refractivity (Wildman–Crippen MR) is 86.7 cm³/mol. The minimum absolute atomic E-state index is 0.0115. The van der Waals surface area contributed by atoms with Crippen LogP contribution >= 0.6 is 0 Å². The van der Waals surface area contributed by atoms with E-state index in [0.29, 0.717) is 25.7 Å². The number of aliphatic carboxylic acids is 1. The Morgan fingerprint density at radius 3 is 2.42 bits per heavy atom. The standard InChI is InChI=1S/C16H28N2O6/c1-11(20)12(13(21)22)17(5)9-16(10-19)7-6-8-18(16)14(23)24-15(2,3)4/h10-12,20H,6-9H2,1-5H3,(H,21,22)/t11-,12+,16?/m1/s1. The number of hydrogen-bond donors (Lipinski definition) is 2. The molecular formula is C16H28N2O6. The quantitative estimate of drug-likeness (QED) is 0.684. The first-order chi connectivity index (χ1) is 10.9. The van der Waals surface area contributed by atoms with Crippen molar-refractivity contribution in [1.82, 2.24) is 9.80 Å². The van der Waals surface area contributed by atoms with E-state index in [9.17, 15) is 24.6 Å². The molecule has 0 bridgehead atoms. The average molecular weight is 344 g/mol. The summed E-state index contributed by atoms with van der Waals surface area (Å²) in [6, 6.07) is -1.16. The number of aliphatic hydroxyl groups is 1. The fourth-order valence-electron chi connectivity index (χ4n) is 3.11. The average Bonchev–Trinajstić information content (AvgIpc) is 2.79. The summed E-state index contributed by atoms with van der Waals surface area (Å²) in [7, 11) is 1.52. The molecular weight excluding hydrogens is 316 g/mol. The second-order valence-electron chi connectivity index (χ2n) is 7.40. The van der Waals surface area contributed by atoms with E-state index in [4.69, 9.17) is 4.74 Å². The van der Waals surface area contributed by atoms with Crippen LogP contribution in [0.3, 0.4) is 0 Å². The molecule has 0 aromatic rings. The molecule has 24 heavy (non-hydrogen) atoms. The third-order valence-electron chi connectivity index (χ3n) is 4.07. The van der Waals surface area contributed by atoms with E-state index in [0.717, 1.165) is 0 Å². The number of carboxylic acids is 1. The number of nitrogens with zero attached hydrogens (tertiary/aromatic N) is 2. The van der Waals surface area contributed by atoms with Crippen molar-refractivity contribution in [3.05, 3.63) is 0 Å². The van der Waals surface area contributed by atoms with Crippen LogP contribution in [0.25, 0.3) is 0 Å². The Bertz CT molecular complexity index is 487. The van der Waals surface area contributed by atoms with Crippen molar-refractivity contribution < 1.29 is 29.3 Å². The predicted octanol–water partition coefficient (Wildman–Crippen LogP) is 0.721. The normalized spacial score (nSPS) is 23.9. The Morgan fingerprint density at radius 1 is 1.42 bits per heavy atom.